The third-order valence-electron chi connectivity index (χ3n) is 5.78. The van der Waals surface area contributed by atoms with Gasteiger partial charge in [-0.15, -0.1) is 24.8 Å². The summed E-state index contributed by atoms with van der Waals surface area (Å²) in [6.45, 7) is 10.5. The predicted molar refractivity (Wildman–Crippen MR) is 138 cm³/mol. The SMILES string of the molecule is CC[C@H](C)NC[C@H](O)[C@@H](N)C[C@H](Cc1ccc(OC)c(OCCCOC)c1)C(C)C.Cl.Cl. The second-order valence-corrected chi connectivity index (χ2v) is 8.57. The summed E-state index contributed by atoms with van der Waals surface area (Å²) < 4.78 is 16.4. The van der Waals surface area contributed by atoms with Gasteiger partial charge in [0.2, 0.25) is 0 Å². The van der Waals surface area contributed by atoms with Crippen LogP contribution in [0.25, 0.3) is 0 Å². The number of nitrogens with one attached hydrogen (secondary N) is 1. The van der Waals surface area contributed by atoms with Gasteiger partial charge < -0.3 is 30.4 Å². The standard InChI is InChI=1S/C24H44N2O4.2ClH/c1-7-18(4)26-16-22(27)21(25)15-20(17(2)3)13-19-9-10-23(29-6)24(14-19)30-12-8-11-28-5;;/h9-10,14,17-18,20-22,26-27H,7-8,11-13,15-16,25H2,1-6H3;2*1H/t18-,20-,21-,22-;;/m0../s1. The lowest BCUT2D eigenvalue weighted by Gasteiger charge is -2.28. The van der Waals surface area contributed by atoms with E-state index in [1.807, 2.05) is 6.07 Å². The molecule has 0 aliphatic rings. The summed E-state index contributed by atoms with van der Waals surface area (Å²) in [6.07, 6.45) is 2.97. The van der Waals surface area contributed by atoms with Gasteiger partial charge in [0.15, 0.2) is 11.5 Å². The molecule has 4 N–H and O–H groups in total. The second-order valence-electron chi connectivity index (χ2n) is 8.57. The second kappa shape index (κ2) is 18.6. The lowest BCUT2D eigenvalue weighted by Crippen LogP contribution is -2.45. The zero-order valence-corrected chi connectivity index (χ0v) is 22.3. The Labute approximate surface area is 207 Å². The number of halogens is 2. The summed E-state index contributed by atoms with van der Waals surface area (Å²) in [5, 5.41) is 13.8. The molecule has 0 unspecified atom stereocenters. The van der Waals surface area contributed by atoms with Gasteiger partial charge in [-0.2, -0.15) is 0 Å². The number of rotatable bonds is 16. The number of methoxy groups -OCH3 is 2. The maximum atomic E-state index is 10.5. The molecule has 0 saturated carbocycles. The molecule has 0 saturated heterocycles. The Balaban J connectivity index is 0. The number of aliphatic hydroxyl groups excluding tert-OH is 1. The molecular formula is C24H46Cl2N2O4. The van der Waals surface area contributed by atoms with Crippen molar-refractivity contribution >= 4 is 24.8 Å². The molecule has 0 heterocycles. The van der Waals surface area contributed by atoms with E-state index in [0.717, 1.165) is 37.2 Å². The van der Waals surface area contributed by atoms with Gasteiger partial charge in [0, 0.05) is 38.8 Å². The molecule has 8 heteroatoms. The number of aliphatic hydroxyl groups is 1. The highest BCUT2D eigenvalue weighted by Gasteiger charge is 2.23. The molecule has 0 spiro atoms. The van der Waals surface area contributed by atoms with Crippen molar-refractivity contribution in [3.63, 3.8) is 0 Å². The monoisotopic (exact) mass is 496 g/mol. The highest BCUT2D eigenvalue weighted by molar-refractivity contribution is 5.85. The van der Waals surface area contributed by atoms with Crippen LogP contribution in [0.4, 0.5) is 0 Å². The molecular weight excluding hydrogens is 451 g/mol. The number of hydrogen-bond donors (Lipinski definition) is 3. The number of ether oxygens (including phenoxy) is 3. The van der Waals surface area contributed by atoms with Crippen LogP contribution < -0.4 is 20.5 Å². The average molecular weight is 498 g/mol. The fourth-order valence-electron chi connectivity index (χ4n) is 3.36. The van der Waals surface area contributed by atoms with Gasteiger partial charge in [-0.25, -0.2) is 0 Å². The Kier molecular flexibility index (Phi) is 19.5. The van der Waals surface area contributed by atoms with Crippen LogP contribution in [-0.4, -0.2) is 57.3 Å². The van der Waals surface area contributed by atoms with Gasteiger partial charge in [0.05, 0.1) is 19.8 Å². The predicted octanol–water partition coefficient (Wildman–Crippen LogP) is 4.24. The summed E-state index contributed by atoms with van der Waals surface area (Å²) in [6, 6.07) is 6.24. The Hall–Kier alpha value is -0.760. The highest BCUT2D eigenvalue weighted by atomic mass is 35.5. The zero-order chi connectivity index (χ0) is 22.5. The fourth-order valence-corrected chi connectivity index (χ4v) is 3.36. The smallest absolute Gasteiger partial charge is 0.161 e. The first-order valence-electron chi connectivity index (χ1n) is 11.3. The maximum Gasteiger partial charge on any atom is 0.161 e. The lowest BCUT2D eigenvalue weighted by atomic mass is 9.83. The number of benzene rings is 1. The molecule has 190 valence electrons. The van der Waals surface area contributed by atoms with E-state index in [1.54, 1.807) is 14.2 Å². The zero-order valence-electron chi connectivity index (χ0n) is 20.6. The third kappa shape index (κ3) is 12.5. The molecule has 1 aromatic rings. The molecule has 0 aromatic heterocycles. The van der Waals surface area contributed by atoms with Crippen LogP contribution in [0.5, 0.6) is 11.5 Å². The van der Waals surface area contributed by atoms with Crippen LogP contribution in [0.1, 0.15) is 52.5 Å². The van der Waals surface area contributed by atoms with Crippen LogP contribution in [0.15, 0.2) is 18.2 Å². The summed E-state index contributed by atoms with van der Waals surface area (Å²) in [4.78, 5) is 0. The molecule has 1 rings (SSSR count). The van der Waals surface area contributed by atoms with Gasteiger partial charge in [0.25, 0.3) is 0 Å². The number of nitrogens with two attached hydrogens (primary N) is 1. The molecule has 32 heavy (non-hydrogen) atoms. The van der Waals surface area contributed by atoms with Gasteiger partial charge in [-0.1, -0.05) is 26.8 Å². The van der Waals surface area contributed by atoms with Crippen LogP contribution in [0.3, 0.4) is 0 Å². The molecule has 0 bridgehead atoms. The van der Waals surface area contributed by atoms with Gasteiger partial charge in [-0.05, 0) is 55.7 Å². The van der Waals surface area contributed by atoms with E-state index in [0.29, 0.717) is 37.6 Å². The van der Waals surface area contributed by atoms with Crippen molar-refractivity contribution in [1.29, 1.82) is 0 Å². The van der Waals surface area contributed by atoms with E-state index in [4.69, 9.17) is 19.9 Å². The molecule has 0 amide bonds. The van der Waals surface area contributed by atoms with Gasteiger partial charge >= 0.3 is 0 Å². The summed E-state index contributed by atoms with van der Waals surface area (Å²) in [5.74, 6) is 2.32. The average Bonchev–Trinajstić information content (AvgIpc) is 2.74. The van der Waals surface area contributed by atoms with Crippen molar-refractivity contribution in [2.75, 3.05) is 34.0 Å². The first-order chi connectivity index (χ1) is 14.3. The van der Waals surface area contributed by atoms with Gasteiger partial charge in [-0.3, -0.25) is 0 Å². The van der Waals surface area contributed by atoms with Crippen LogP contribution in [0, 0.1) is 11.8 Å². The van der Waals surface area contributed by atoms with Crippen molar-refractivity contribution in [1.82, 2.24) is 5.32 Å². The highest BCUT2D eigenvalue weighted by Crippen LogP contribution is 2.31. The largest absolute Gasteiger partial charge is 0.493 e. The molecule has 0 fully saturated rings. The summed E-state index contributed by atoms with van der Waals surface area (Å²) in [7, 11) is 3.34. The van der Waals surface area contributed by atoms with E-state index in [-0.39, 0.29) is 30.9 Å². The summed E-state index contributed by atoms with van der Waals surface area (Å²) >= 11 is 0. The van der Waals surface area contributed by atoms with E-state index in [1.165, 1.54) is 5.56 Å². The van der Waals surface area contributed by atoms with Crippen LogP contribution >= 0.6 is 24.8 Å². The topological polar surface area (TPSA) is 86.0 Å². The van der Waals surface area contributed by atoms with Crippen LogP contribution in [-0.2, 0) is 11.2 Å². The van der Waals surface area contributed by atoms with Crippen molar-refractivity contribution in [2.24, 2.45) is 17.6 Å². The van der Waals surface area contributed by atoms with Crippen LogP contribution in [0.2, 0.25) is 0 Å². The fraction of sp³-hybridized carbons (Fsp3) is 0.750. The minimum Gasteiger partial charge on any atom is -0.493 e. The molecule has 6 nitrogen and oxygen atoms in total. The van der Waals surface area contributed by atoms with Crippen molar-refractivity contribution < 1.29 is 19.3 Å². The molecule has 0 aliphatic heterocycles. The van der Waals surface area contributed by atoms with Gasteiger partial charge in [0.1, 0.15) is 0 Å². The lowest BCUT2D eigenvalue weighted by molar-refractivity contribution is 0.121. The minimum atomic E-state index is -0.546. The first-order valence-corrected chi connectivity index (χ1v) is 11.3. The minimum absolute atomic E-state index is 0. The Morgan fingerprint density at radius 2 is 1.75 bits per heavy atom. The molecule has 4 atom stereocenters. The number of hydrogen-bond acceptors (Lipinski definition) is 6. The quantitative estimate of drug-likeness (QED) is 0.296. The third-order valence-corrected chi connectivity index (χ3v) is 5.78. The van der Waals surface area contributed by atoms with Crippen molar-refractivity contribution in [3.8, 4) is 11.5 Å². The molecule has 1 aromatic carbocycles. The maximum absolute atomic E-state index is 10.5. The van der Waals surface area contributed by atoms with E-state index < -0.39 is 6.10 Å². The Morgan fingerprint density at radius 3 is 2.31 bits per heavy atom. The van der Waals surface area contributed by atoms with Crippen molar-refractivity contribution in [2.45, 2.75) is 71.6 Å². The van der Waals surface area contributed by atoms with E-state index in [9.17, 15) is 5.11 Å². The van der Waals surface area contributed by atoms with Crippen molar-refractivity contribution in [3.05, 3.63) is 23.8 Å². The van der Waals surface area contributed by atoms with E-state index in [2.05, 4.69) is 45.1 Å². The first kappa shape index (κ1) is 33.4. The Bertz CT molecular complexity index is 593. The normalized spacial score (nSPS) is 14.7. The molecule has 0 aliphatic carbocycles. The Morgan fingerprint density at radius 1 is 1.06 bits per heavy atom. The summed E-state index contributed by atoms with van der Waals surface area (Å²) in [5.41, 5.74) is 7.55. The molecule has 0 radical (unpaired) electrons. The van der Waals surface area contributed by atoms with E-state index >= 15 is 0 Å².